The molecule has 9 heteroatoms. The molecule has 6 nitrogen and oxygen atoms in total. The van der Waals surface area contributed by atoms with E-state index in [1.54, 1.807) is 10.8 Å². The highest BCUT2D eigenvalue weighted by atomic mass is 32.2. The van der Waals surface area contributed by atoms with Crippen molar-refractivity contribution in [1.29, 1.82) is 0 Å². The summed E-state index contributed by atoms with van der Waals surface area (Å²) in [6.45, 7) is 2.67. The maximum absolute atomic E-state index is 14.5. The van der Waals surface area contributed by atoms with E-state index in [2.05, 4.69) is 4.90 Å². The average molecular weight is 453 g/mol. The number of hydrogen-bond donors (Lipinski definition) is 1. The Bertz CT molecular complexity index is 1100. The highest BCUT2D eigenvalue weighted by Gasteiger charge is 2.31. The number of carbonyl (C=O) groups is 1. The van der Waals surface area contributed by atoms with Gasteiger partial charge in [-0.15, -0.1) is 0 Å². The molecule has 0 atom stereocenters. The Kier molecular flexibility index (Phi) is 5.98. The highest BCUT2D eigenvalue weighted by molar-refractivity contribution is 7.89. The summed E-state index contributed by atoms with van der Waals surface area (Å²) in [5, 5.41) is 0. The van der Waals surface area contributed by atoms with Crippen LogP contribution in [0.15, 0.2) is 36.4 Å². The Morgan fingerprint density at radius 1 is 1.23 bits per heavy atom. The van der Waals surface area contributed by atoms with Gasteiger partial charge in [-0.2, -0.15) is 0 Å². The number of rotatable bonds is 8. The molecular formula is C22H26F2N2O4S. The van der Waals surface area contributed by atoms with Gasteiger partial charge in [0.25, 0.3) is 5.91 Å². The lowest BCUT2D eigenvalue weighted by Gasteiger charge is -2.39. The van der Waals surface area contributed by atoms with Gasteiger partial charge < -0.3 is 4.74 Å². The van der Waals surface area contributed by atoms with Gasteiger partial charge in [0.1, 0.15) is 17.4 Å². The van der Waals surface area contributed by atoms with Crippen molar-refractivity contribution in [3.8, 4) is 5.75 Å². The lowest BCUT2D eigenvalue weighted by atomic mass is 10.00. The van der Waals surface area contributed by atoms with Gasteiger partial charge in [0.15, 0.2) is 0 Å². The molecule has 2 aromatic carbocycles. The molecule has 0 unspecified atom stereocenters. The minimum absolute atomic E-state index is 0. The number of carbonyl (C=O) groups excluding carboxylic acids is 1. The third kappa shape index (κ3) is 5.59. The summed E-state index contributed by atoms with van der Waals surface area (Å²) in [7, 11) is -3.79. The minimum atomic E-state index is -3.79. The van der Waals surface area contributed by atoms with Gasteiger partial charge in [-0.05, 0) is 48.1 Å². The van der Waals surface area contributed by atoms with Crippen molar-refractivity contribution in [2.45, 2.75) is 25.3 Å². The third-order valence-electron chi connectivity index (χ3n) is 5.44. The van der Waals surface area contributed by atoms with E-state index >= 15 is 0 Å². The van der Waals surface area contributed by atoms with Crippen molar-refractivity contribution in [1.82, 2.24) is 9.62 Å². The first-order chi connectivity index (χ1) is 14.7. The zero-order chi connectivity index (χ0) is 22.2. The molecule has 0 radical (unpaired) electrons. The van der Waals surface area contributed by atoms with Crippen molar-refractivity contribution in [2.75, 3.05) is 26.0 Å². The molecule has 1 amide bonds. The molecule has 2 aliphatic rings. The zero-order valence-electron chi connectivity index (χ0n) is 17.1. The number of ether oxygens (including phenoxy) is 1. The molecule has 1 aliphatic carbocycles. The average Bonchev–Trinajstić information content (AvgIpc) is 3.47. The molecule has 1 heterocycles. The summed E-state index contributed by atoms with van der Waals surface area (Å²) in [5.41, 5.74) is 1.35. The molecule has 4 rings (SSSR count). The molecule has 1 saturated heterocycles. The molecular weight excluding hydrogens is 426 g/mol. The quantitative estimate of drug-likeness (QED) is 0.665. The number of amides is 1. The van der Waals surface area contributed by atoms with Crippen LogP contribution in [0.2, 0.25) is 0 Å². The monoisotopic (exact) mass is 452 g/mol. The maximum atomic E-state index is 14.5. The second-order valence-corrected chi connectivity index (χ2v) is 10.1. The van der Waals surface area contributed by atoms with E-state index in [1.165, 1.54) is 24.3 Å². The number of halogens is 2. The SMILES string of the molecule is CS(=O)(=O)NC(=O)c1cc(C2CC2)c(OCC2CN(Cc3cccc(F)c3)C2)cc1F.[HH]. The molecule has 1 saturated carbocycles. The second-order valence-electron chi connectivity index (χ2n) is 8.35. The van der Waals surface area contributed by atoms with Crippen LogP contribution in [-0.2, 0) is 16.6 Å². The van der Waals surface area contributed by atoms with Gasteiger partial charge in [-0.25, -0.2) is 21.9 Å². The summed E-state index contributed by atoms with van der Waals surface area (Å²) in [5.74, 6) is -1.19. The fourth-order valence-electron chi connectivity index (χ4n) is 3.82. The summed E-state index contributed by atoms with van der Waals surface area (Å²) >= 11 is 0. The minimum Gasteiger partial charge on any atom is -0.493 e. The van der Waals surface area contributed by atoms with E-state index in [-0.39, 0.29) is 24.6 Å². The van der Waals surface area contributed by atoms with E-state index in [9.17, 15) is 22.0 Å². The first kappa shape index (κ1) is 21.7. The Labute approximate surface area is 181 Å². The number of benzene rings is 2. The summed E-state index contributed by atoms with van der Waals surface area (Å²) in [6.07, 6.45) is 2.68. The molecule has 2 aromatic rings. The van der Waals surface area contributed by atoms with Crippen LogP contribution >= 0.6 is 0 Å². The second kappa shape index (κ2) is 8.55. The summed E-state index contributed by atoms with van der Waals surface area (Å²) in [6, 6.07) is 9.10. The largest absolute Gasteiger partial charge is 0.493 e. The number of nitrogens with zero attached hydrogens (tertiary/aromatic N) is 1. The molecule has 2 fully saturated rings. The van der Waals surface area contributed by atoms with Gasteiger partial charge in [0.05, 0.1) is 18.4 Å². The highest BCUT2D eigenvalue weighted by Crippen LogP contribution is 2.45. The third-order valence-corrected chi connectivity index (χ3v) is 6.00. The number of sulfonamides is 1. The Morgan fingerprint density at radius 3 is 2.61 bits per heavy atom. The van der Waals surface area contributed by atoms with Gasteiger partial charge in [0.2, 0.25) is 10.0 Å². The van der Waals surface area contributed by atoms with Crippen LogP contribution in [0.3, 0.4) is 0 Å². The number of nitrogens with one attached hydrogen (secondary N) is 1. The van der Waals surface area contributed by atoms with E-state index in [0.717, 1.165) is 43.3 Å². The van der Waals surface area contributed by atoms with Crippen molar-refractivity contribution in [2.24, 2.45) is 5.92 Å². The van der Waals surface area contributed by atoms with Crippen LogP contribution in [0.5, 0.6) is 5.75 Å². The lowest BCUT2D eigenvalue weighted by molar-refractivity contribution is 0.0553. The Morgan fingerprint density at radius 2 is 1.97 bits per heavy atom. The number of hydrogen-bond acceptors (Lipinski definition) is 5. The summed E-state index contributed by atoms with van der Waals surface area (Å²) < 4.78 is 58.1. The van der Waals surface area contributed by atoms with Crippen molar-refractivity contribution < 1.29 is 28.2 Å². The molecule has 0 aromatic heterocycles. The maximum Gasteiger partial charge on any atom is 0.267 e. The molecule has 0 spiro atoms. The smallest absolute Gasteiger partial charge is 0.267 e. The van der Waals surface area contributed by atoms with Gasteiger partial charge in [-0.3, -0.25) is 9.69 Å². The molecule has 168 valence electrons. The van der Waals surface area contributed by atoms with E-state index in [0.29, 0.717) is 18.9 Å². The van der Waals surface area contributed by atoms with Crippen molar-refractivity contribution in [3.05, 3.63) is 64.7 Å². The zero-order valence-corrected chi connectivity index (χ0v) is 17.9. The van der Waals surface area contributed by atoms with Crippen LogP contribution in [0.4, 0.5) is 8.78 Å². The predicted molar refractivity (Wildman–Crippen MR) is 113 cm³/mol. The number of likely N-dealkylation sites (tertiary alicyclic amines) is 1. The fraction of sp³-hybridized carbons (Fsp3) is 0.409. The molecule has 1 aliphatic heterocycles. The Balaban J connectivity index is 0.00000289. The standard InChI is InChI=1S/C22H24F2N2O4S.H2/c1-31(28,29)25-22(27)19-8-18(16-5-6-16)21(9-20(19)24)30-13-15-11-26(12-15)10-14-3-2-4-17(23)7-14;/h2-4,7-9,15-16H,5-6,10-13H2,1H3,(H,25,27);1H. The van der Waals surface area contributed by atoms with E-state index < -0.39 is 21.7 Å². The summed E-state index contributed by atoms with van der Waals surface area (Å²) in [4.78, 5) is 14.3. The lowest BCUT2D eigenvalue weighted by Crippen LogP contribution is -2.48. The van der Waals surface area contributed by atoms with Crippen molar-refractivity contribution >= 4 is 15.9 Å². The van der Waals surface area contributed by atoms with Gasteiger partial charge in [0, 0.05) is 33.0 Å². The van der Waals surface area contributed by atoms with Crippen LogP contribution in [-0.4, -0.2) is 45.2 Å². The topological polar surface area (TPSA) is 75.7 Å². The Hall–Kier alpha value is -2.52. The first-order valence-corrected chi connectivity index (χ1v) is 12.0. The van der Waals surface area contributed by atoms with Gasteiger partial charge in [-0.1, -0.05) is 12.1 Å². The van der Waals surface area contributed by atoms with Crippen LogP contribution in [0.25, 0.3) is 0 Å². The fourth-order valence-corrected chi connectivity index (χ4v) is 4.27. The van der Waals surface area contributed by atoms with Crippen molar-refractivity contribution in [3.63, 3.8) is 0 Å². The molecule has 31 heavy (non-hydrogen) atoms. The van der Waals surface area contributed by atoms with Gasteiger partial charge >= 0.3 is 0 Å². The normalized spacial score (nSPS) is 17.3. The molecule has 0 bridgehead atoms. The first-order valence-electron chi connectivity index (χ1n) is 10.1. The van der Waals surface area contributed by atoms with Crippen LogP contribution in [0.1, 0.15) is 41.7 Å². The molecule has 1 N–H and O–H groups in total. The van der Waals surface area contributed by atoms with Crippen LogP contribution < -0.4 is 9.46 Å². The van der Waals surface area contributed by atoms with Crippen LogP contribution in [0, 0.1) is 17.6 Å². The van der Waals surface area contributed by atoms with E-state index in [4.69, 9.17) is 4.74 Å². The van der Waals surface area contributed by atoms with E-state index in [1.807, 2.05) is 6.07 Å². The predicted octanol–water partition coefficient (Wildman–Crippen LogP) is 3.29.